The predicted molar refractivity (Wildman–Crippen MR) is 115 cm³/mol. The maximum absolute atomic E-state index is 12.9. The van der Waals surface area contributed by atoms with Gasteiger partial charge in [-0.2, -0.15) is 0 Å². The third-order valence-electron chi connectivity index (χ3n) is 3.80. The highest BCUT2D eigenvalue weighted by atomic mass is 79.9. The largest absolute Gasteiger partial charge is 0.506 e. The first-order valence-corrected chi connectivity index (χ1v) is 11.2. The van der Waals surface area contributed by atoms with E-state index in [1.54, 1.807) is 24.3 Å². The summed E-state index contributed by atoms with van der Waals surface area (Å²) in [6.45, 7) is 0. The van der Waals surface area contributed by atoms with Gasteiger partial charge in [0.15, 0.2) is 0 Å². The van der Waals surface area contributed by atoms with E-state index in [4.69, 9.17) is 11.6 Å². The Hall–Kier alpha value is -1.87. The van der Waals surface area contributed by atoms with Gasteiger partial charge in [-0.25, -0.2) is 8.42 Å². The first-order valence-electron chi connectivity index (χ1n) is 7.79. The van der Waals surface area contributed by atoms with E-state index >= 15 is 0 Å². The van der Waals surface area contributed by atoms with Crippen molar-refractivity contribution in [2.75, 3.05) is 5.32 Å². The van der Waals surface area contributed by atoms with Crippen molar-refractivity contribution in [3.05, 3.63) is 80.2 Å². The van der Waals surface area contributed by atoms with Crippen molar-refractivity contribution in [1.82, 2.24) is 0 Å². The van der Waals surface area contributed by atoms with Crippen molar-refractivity contribution >= 4 is 64.9 Å². The molecular weight excluding hydrogens is 534 g/mol. The predicted octanol–water partition coefficient (Wildman–Crippen LogP) is 5.66. The van der Waals surface area contributed by atoms with Gasteiger partial charge in [0.05, 0.1) is 24.8 Å². The number of carbonyl (C=O) groups is 1. The number of phenolic OH excluding ortho intramolecular Hbond substituents is 1. The number of anilines is 1. The van der Waals surface area contributed by atoms with Crippen LogP contribution in [0.15, 0.2) is 79.4 Å². The minimum absolute atomic E-state index is 0.0173. The first kappa shape index (κ1) is 20.9. The number of hydrogen-bond acceptors (Lipinski definition) is 4. The van der Waals surface area contributed by atoms with Crippen molar-refractivity contribution in [2.24, 2.45) is 0 Å². The molecule has 0 fully saturated rings. The fraction of sp³-hybridized carbons (Fsp3) is 0. The van der Waals surface area contributed by atoms with Crippen LogP contribution in [0.1, 0.15) is 10.4 Å². The first-order chi connectivity index (χ1) is 13.2. The van der Waals surface area contributed by atoms with Crippen LogP contribution in [0.3, 0.4) is 0 Å². The molecule has 0 aliphatic rings. The van der Waals surface area contributed by atoms with E-state index in [1.807, 2.05) is 0 Å². The number of hydrogen-bond donors (Lipinski definition) is 2. The molecule has 0 aliphatic heterocycles. The van der Waals surface area contributed by atoms with E-state index in [2.05, 4.69) is 37.2 Å². The zero-order valence-corrected chi connectivity index (χ0v) is 18.7. The molecule has 0 atom stereocenters. The Bertz CT molecular complexity index is 1170. The molecule has 0 heterocycles. The Labute approximate surface area is 183 Å². The summed E-state index contributed by atoms with van der Waals surface area (Å²) in [5.41, 5.74) is 0.239. The van der Waals surface area contributed by atoms with Gasteiger partial charge in [0, 0.05) is 10.2 Å². The van der Waals surface area contributed by atoms with E-state index < -0.39 is 15.7 Å². The molecule has 3 rings (SSSR count). The lowest BCUT2D eigenvalue weighted by Gasteiger charge is -2.12. The summed E-state index contributed by atoms with van der Waals surface area (Å²) >= 11 is 12.5. The van der Waals surface area contributed by atoms with Gasteiger partial charge in [0.1, 0.15) is 5.75 Å². The zero-order chi connectivity index (χ0) is 20.5. The lowest BCUT2D eigenvalue weighted by atomic mass is 10.2. The van der Waals surface area contributed by atoms with Gasteiger partial charge >= 0.3 is 0 Å². The van der Waals surface area contributed by atoms with Gasteiger partial charge in [0.2, 0.25) is 9.84 Å². The molecule has 0 radical (unpaired) electrons. The summed E-state index contributed by atoms with van der Waals surface area (Å²) in [6, 6.07) is 15.1. The van der Waals surface area contributed by atoms with Crippen molar-refractivity contribution in [1.29, 1.82) is 0 Å². The van der Waals surface area contributed by atoms with Gasteiger partial charge in [0.25, 0.3) is 5.91 Å². The Balaban J connectivity index is 1.98. The summed E-state index contributed by atoms with van der Waals surface area (Å²) in [4.78, 5) is 12.5. The smallest absolute Gasteiger partial charge is 0.259 e. The van der Waals surface area contributed by atoms with Gasteiger partial charge in [-0.15, -0.1) is 0 Å². The molecule has 0 aromatic heterocycles. The zero-order valence-electron chi connectivity index (χ0n) is 14.0. The van der Waals surface area contributed by atoms with E-state index in [1.165, 1.54) is 36.4 Å². The van der Waals surface area contributed by atoms with Crippen LogP contribution < -0.4 is 5.32 Å². The third-order valence-corrected chi connectivity index (χ3v) is 7.12. The molecule has 0 unspecified atom stereocenters. The average molecular weight is 546 g/mol. The number of amides is 1. The molecule has 0 aliphatic carbocycles. The van der Waals surface area contributed by atoms with Gasteiger partial charge in [-0.3, -0.25) is 4.79 Å². The highest BCUT2D eigenvalue weighted by Crippen LogP contribution is 2.33. The van der Waals surface area contributed by atoms with Crippen molar-refractivity contribution in [3.63, 3.8) is 0 Å². The summed E-state index contributed by atoms with van der Waals surface area (Å²) in [5, 5.41) is 12.7. The summed E-state index contributed by atoms with van der Waals surface area (Å²) in [5.74, 6) is -0.836. The fourth-order valence-electron chi connectivity index (χ4n) is 2.45. The topological polar surface area (TPSA) is 83.5 Å². The van der Waals surface area contributed by atoms with Gasteiger partial charge in [-0.1, -0.05) is 45.7 Å². The number of halogens is 3. The average Bonchev–Trinajstić information content (AvgIpc) is 2.66. The van der Waals surface area contributed by atoms with Crippen LogP contribution in [0.25, 0.3) is 0 Å². The molecule has 9 heteroatoms. The molecule has 0 bridgehead atoms. The quantitative estimate of drug-likeness (QED) is 0.444. The third kappa shape index (κ3) is 4.25. The van der Waals surface area contributed by atoms with Crippen LogP contribution in [-0.2, 0) is 9.84 Å². The molecule has 144 valence electrons. The minimum Gasteiger partial charge on any atom is -0.506 e. The van der Waals surface area contributed by atoms with E-state index in [0.717, 1.165) is 0 Å². The van der Waals surface area contributed by atoms with E-state index in [0.29, 0.717) is 8.95 Å². The molecule has 5 nitrogen and oxygen atoms in total. The Morgan fingerprint density at radius 1 is 1.00 bits per heavy atom. The molecule has 3 aromatic carbocycles. The number of phenols is 1. The highest BCUT2D eigenvalue weighted by molar-refractivity contribution is 9.11. The number of nitrogens with one attached hydrogen (secondary N) is 1. The highest BCUT2D eigenvalue weighted by Gasteiger charge is 2.22. The standard InChI is InChI=1S/C19H12Br2ClNO4S/c20-11-8-14(18(24)15(21)9-11)19(25)23-12-6-7-16(22)17(10-12)28(26,27)13-4-2-1-3-5-13/h1-10,24H,(H,23,25). The summed E-state index contributed by atoms with van der Waals surface area (Å²) in [7, 11) is -3.86. The monoisotopic (exact) mass is 543 g/mol. The maximum Gasteiger partial charge on any atom is 0.259 e. The van der Waals surface area contributed by atoms with Crippen LogP contribution in [0, 0.1) is 0 Å². The van der Waals surface area contributed by atoms with Crippen LogP contribution in [0.4, 0.5) is 5.69 Å². The number of aromatic hydroxyl groups is 1. The lowest BCUT2D eigenvalue weighted by molar-refractivity contribution is 0.102. The maximum atomic E-state index is 12.9. The van der Waals surface area contributed by atoms with Crippen molar-refractivity contribution in [3.8, 4) is 5.75 Å². The SMILES string of the molecule is O=C(Nc1ccc(Cl)c(S(=O)(=O)c2ccccc2)c1)c1cc(Br)cc(Br)c1O. The van der Waals surface area contributed by atoms with Crippen molar-refractivity contribution in [2.45, 2.75) is 9.79 Å². The molecule has 3 aromatic rings. The van der Waals surface area contributed by atoms with Crippen LogP contribution in [-0.4, -0.2) is 19.4 Å². The molecule has 1 amide bonds. The Morgan fingerprint density at radius 2 is 1.68 bits per heavy atom. The summed E-state index contributed by atoms with van der Waals surface area (Å²) in [6.07, 6.45) is 0. The molecule has 0 spiro atoms. The number of carbonyl (C=O) groups excluding carboxylic acids is 1. The lowest BCUT2D eigenvalue weighted by Crippen LogP contribution is -2.13. The molecular formula is C19H12Br2ClNO4S. The molecule has 0 saturated carbocycles. The fourth-order valence-corrected chi connectivity index (χ4v) is 5.47. The summed E-state index contributed by atoms with van der Waals surface area (Å²) < 4.78 is 26.6. The van der Waals surface area contributed by atoms with Gasteiger partial charge in [-0.05, 0) is 58.4 Å². The molecule has 0 saturated heterocycles. The Kier molecular flexibility index (Phi) is 6.14. The second-order valence-electron chi connectivity index (χ2n) is 5.70. The normalized spacial score (nSPS) is 11.2. The molecule has 2 N–H and O–H groups in total. The minimum atomic E-state index is -3.86. The van der Waals surface area contributed by atoms with Crippen LogP contribution in [0.2, 0.25) is 5.02 Å². The second-order valence-corrected chi connectivity index (χ2v) is 9.79. The Morgan fingerprint density at radius 3 is 2.36 bits per heavy atom. The van der Waals surface area contributed by atoms with E-state index in [-0.39, 0.29) is 31.8 Å². The number of sulfone groups is 1. The second kappa shape index (κ2) is 8.24. The van der Waals surface area contributed by atoms with Crippen LogP contribution in [0.5, 0.6) is 5.75 Å². The number of benzene rings is 3. The van der Waals surface area contributed by atoms with E-state index in [9.17, 15) is 18.3 Å². The molecule has 28 heavy (non-hydrogen) atoms. The number of rotatable bonds is 4. The van der Waals surface area contributed by atoms with Crippen molar-refractivity contribution < 1.29 is 18.3 Å². The van der Waals surface area contributed by atoms with Crippen LogP contribution >= 0.6 is 43.5 Å². The van der Waals surface area contributed by atoms with Gasteiger partial charge < -0.3 is 10.4 Å².